The van der Waals surface area contributed by atoms with Gasteiger partial charge in [0.25, 0.3) is 11.8 Å². The minimum absolute atomic E-state index is 0.108. The Labute approximate surface area is 203 Å². The fourth-order valence-corrected chi connectivity index (χ4v) is 4.41. The van der Waals surface area contributed by atoms with Crippen LogP contribution in [0.1, 0.15) is 56.6 Å². The third kappa shape index (κ3) is 4.74. The summed E-state index contributed by atoms with van der Waals surface area (Å²) in [6, 6.07) is 20.7. The van der Waals surface area contributed by atoms with Crippen LogP contribution in [-0.4, -0.2) is 42.9 Å². The summed E-state index contributed by atoms with van der Waals surface area (Å²) in [5, 5.41) is 12.8. The molecule has 1 unspecified atom stereocenters. The monoisotopic (exact) mass is 469 g/mol. The lowest BCUT2D eigenvalue weighted by Crippen LogP contribution is -2.39. The lowest BCUT2D eigenvalue weighted by Gasteiger charge is -2.29. The number of benzene rings is 2. The second kappa shape index (κ2) is 9.60. The van der Waals surface area contributed by atoms with E-state index in [0.29, 0.717) is 47.8 Å². The average molecular weight is 470 g/mol. The quantitative estimate of drug-likeness (QED) is 0.400. The lowest BCUT2D eigenvalue weighted by molar-refractivity contribution is 0.0702. The highest BCUT2D eigenvalue weighted by Crippen LogP contribution is 2.24. The number of carbonyl (C=O) groups excluding carboxylic acids is 2. The van der Waals surface area contributed by atoms with Gasteiger partial charge < -0.3 is 24.9 Å². The molecule has 4 aromatic rings. The second-order valence-electron chi connectivity index (χ2n) is 8.70. The Bertz CT molecular complexity index is 1340. The van der Waals surface area contributed by atoms with E-state index in [-0.39, 0.29) is 18.4 Å². The number of H-pyrrole nitrogens is 1. The zero-order valence-electron chi connectivity index (χ0n) is 19.4. The van der Waals surface area contributed by atoms with Gasteiger partial charge in [-0.3, -0.25) is 9.59 Å². The Morgan fingerprint density at radius 1 is 1.09 bits per heavy atom. The molecule has 1 aliphatic rings. The fourth-order valence-electron chi connectivity index (χ4n) is 4.41. The van der Waals surface area contributed by atoms with Gasteiger partial charge in [-0.2, -0.15) is 0 Å². The van der Waals surface area contributed by atoms with Gasteiger partial charge in [-0.1, -0.05) is 42.5 Å². The summed E-state index contributed by atoms with van der Waals surface area (Å²) >= 11 is 0. The number of aromatic amines is 1. The molecule has 0 saturated heterocycles. The maximum atomic E-state index is 13.4. The van der Waals surface area contributed by atoms with E-state index in [1.54, 1.807) is 54.4 Å². The van der Waals surface area contributed by atoms with Gasteiger partial charge in [-0.05, 0) is 42.3 Å². The Balaban J connectivity index is 1.47. The number of hydrogen-bond acceptors (Lipinski definition) is 4. The predicted octanol–water partition coefficient (Wildman–Crippen LogP) is 3.76. The molecule has 35 heavy (non-hydrogen) atoms. The van der Waals surface area contributed by atoms with Gasteiger partial charge >= 0.3 is 0 Å². The molecule has 0 radical (unpaired) electrons. The van der Waals surface area contributed by atoms with Gasteiger partial charge in [0.1, 0.15) is 11.5 Å². The number of nitrogens with zero attached hydrogens (tertiary/aromatic N) is 3. The summed E-state index contributed by atoms with van der Waals surface area (Å²) in [7, 11) is 0. The minimum Gasteiger partial charge on any atom is -0.389 e. The van der Waals surface area contributed by atoms with E-state index in [1.165, 1.54) is 0 Å². The summed E-state index contributed by atoms with van der Waals surface area (Å²) in [4.78, 5) is 35.8. The van der Waals surface area contributed by atoms with Crippen LogP contribution < -0.4 is 5.32 Å². The SMILES string of the molecule is CC(O)c1cccc(NC(=O)c2nc(Cc3ccccc3)n3c2CN(C(=O)c2ccc[nH]2)CC3)c1. The first-order valence-electron chi connectivity index (χ1n) is 11.6. The van der Waals surface area contributed by atoms with Gasteiger partial charge in [0.15, 0.2) is 5.69 Å². The largest absolute Gasteiger partial charge is 0.389 e. The Kier molecular flexibility index (Phi) is 6.20. The summed E-state index contributed by atoms with van der Waals surface area (Å²) in [5.41, 5.74) is 3.93. The summed E-state index contributed by atoms with van der Waals surface area (Å²) < 4.78 is 2.06. The highest BCUT2D eigenvalue weighted by atomic mass is 16.3. The van der Waals surface area contributed by atoms with Crippen LogP contribution in [-0.2, 0) is 19.5 Å². The molecular weight excluding hydrogens is 442 g/mol. The van der Waals surface area contributed by atoms with Gasteiger partial charge in [0, 0.05) is 31.4 Å². The molecule has 8 heteroatoms. The van der Waals surface area contributed by atoms with Crippen LogP contribution in [0.2, 0.25) is 0 Å². The number of aliphatic hydroxyl groups excluding tert-OH is 1. The van der Waals surface area contributed by atoms with Crippen molar-refractivity contribution in [3.8, 4) is 0 Å². The van der Waals surface area contributed by atoms with Crippen LogP contribution in [0.4, 0.5) is 5.69 Å². The molecule has 3 N–H and O–H groups in total. The lowest BCUT2D eigenvalue weighted by atomic mass is 10.1. The highest BCUT2D eigenvalue weighted by Gasteiger charge is 2.30. The number of anilines is 1. The Morgan fingerprint density at radius 3 is 2.66 bits per heavy atom. The standard InChI is InChI=1S/C27H27N5O3/c1-18(33)20-9-5-10-21(16-20)29-26(34)25-23-17-31(27(35)22-11-6-12-28-22)13-14-32(23)24(30-25)15-19-7-3-2-4-8-19/h2-12,16,18,28,33H,13-15,17H2,1H3,(H,29,34). The maximum absolute atomic E-state index is 13.4. The van der Waals surface area contributed by atoms with Crippen molar-refractivity contribution >= 4 is 17.5 Å². The van der Waals surface area contributed by atoms with Crippen LogP contribution in [0, 0.1) is 0 Å². The van der Waals surface area contributed by atoms with E-state index in [4.69, 9.17) is 4.98 Å². The van der Waals surface area contributed by atoms with Gasteiger partial charge in [-0.25, -0.2) is 4.98 Å². The third-order valence-corrected chi connectivity index (χ3v) is 6.25. The molecule has 0 aliphatic carbocycles. The number of imidazole rings is 1. The molecule has 0 fully saturated rings. The summed E-state index contributed by atoms with van der Waals surface area (Å²) in [6.45, 7) is 3.05. The van der Waals surface area contributed by atoms with E-state index in [2.05, 4.69) is 14.9 Å². The molecular formula is C27H27N5O3. The van der Waals surface area contributed by atoms with Crippen molar-refractivity contribution in [3.05, 3.63) is 107 Å². The first kappa shape index (κ1) is 22.6. The Morgan fingerprint density at radius 2 is 1.91 bits per heavy atom. The normalized spacial score (nSPS) is 13.8. The van der Waals surface area contributed by atoms with Gasteiger partial charge in [-0.15, -0.1) is 0 Å². The van der Waals surface area contributed by atoms with Crippen molar-refractivity contribution in [2.24, 2.45) is 0 Å². The Hall–Kier alpha value is -4.17. The predicted molar refractivity (Wildman–Crippen MR) is 132 cm³/mol. The zero-order valence-corrected chi connectivity index (χ0v) is 19.4. The molecule has 2 aromatic carbocycles. The molecule has 1 aliphatic heterocycles. The van der Waals surface area contributed by atoms with Crippen LogP contribution in [0.25, 0.3) is 0 Å². The molecule has 0 bridgehead atoms. The average Bonchev–Trinajstić information content (AvgIpc) is 3.53. The maximum Gasteiger partial charge on any atom is 0.276 e. The molecule has 8 nitrogen and oxygen atoms in total. The second-order valence-corrected chi connectivity index (χ2v) is 8.70. The number of aromatic nitrogens is 3. The van der Waals surface area contributed by atoms with Crippen molar-refractivity contribution in [3.63, 3.8) is 0 Å². The van der Waals surface area contributed by atoms with Gasteiger partial charge in [0.05, 0.1) is 18.3 Å². The van der Waals surface area contributed by atoms with Crippen LogP contribution >= 0.6 is 0 Å². The van der Waals surface area contributed by atoms with Crippen LogP contribution in [0.5, 0.6) is 0 Å². The van der Waals surface area contributed by atoms with Crippen molar-refractivity contribution in [2.75, 3.05) is 11.9 Å². The number of nitrogens with one attached hydrogen (secondary N) is 2. The van der Waals surface area contributed by atoms with Crippen molar-refractivity contribution in [2.45, 2.75) is 32.5 Å². The van der Waals surface area contributed by atoms with E-state index in [0.717, 1.165) is 11.4 Å². The van der Waals surface area contributed by atoms with E-state index in [1.807, 2.05) is 30.3 Å². The number of aliphatic hydroxyl groups is 1. The number of rotatable bonds is 6. The zero-order chi connectivity index (χ0) is 24.4. The summed E-state index contributed by atoms with van der Waals surface area (Å²) in [5.74, 6) is 0.342. The van der Waals surface area contributed by atoms with E-state index >= 15 is 0 Å². The van der Waals surface area contributed by atoms with Crippen LogP contribution in [0.3, 0.4) is 0 Å². The number of carbonyl (C=O) groups is 2. The number of hydrogen-bond donors (Lipinski definition) is 3. The summed E-state index contributed by atoms with van der Waals surface area (Å²) in [6.07, 6.45) is 1.67. The molecule has 0 spiro atoms. The third-order valence-electron chi connectivity index (χ3n) is 6.25. The number of amides is 2. The van der Waals surface area contributed by atoms with Crippen molar-refractivity contribution < 1.29 is 14.7 Å². The van der Waals surface area contributed by atoms with E-state index < -0.39 is 6.10 Å². The highest BCUT2D eigenvalue weighted by molar-refractivity contribution is 6.04. The molecule has 0 saturated carbocycles. The first-order valence-corrected chi connectivity index (χ1v) is 11.6. The molecule has 3 heterocycles. The van der Waals surface area contributed by atoms with Crippen molar-refractivity contribution in [1.29, 1.82) is 0 Å². The van der Waals surface area contributed by atoms with Crippen molar-refractivity contribution in [1.82, 2.24) is 19.4 Å². The number of fused-ring (bicyclic) bond motifs is 1. The molecule has 2 aromatic heterocycles. The topological polar surface area (TPSA) is 103 Å². The minimum atomic E-state index is -0.641. The van der Waals surface area contributed by atoms with E-state index in [9.17, 15) is 14.7 Å². The molecule has 1 atom stereocenters. The molecule has 2 amide bonds. The van der Waals surface area contributed by atoms with Gasteiger partial charge in [0.2, 0.25) is 0 Å². The molecule has 5 rings (SSSR count). The molecule has 178 valence electrons. The smallest absolute Gasteiger partial charge is 0.276 e. The first-order chi connectivity index (χ1) is 17.0. The van der Waals surface area contributed by atoms with Crippen LogP contribution in [0.15, 0.2) is 72.9 Å². The fraction of sp³-hybridized carbons (Fsp3) is 0.222.